The molecule has 2 heterocycles. The smallest absolute Gasteiger partial charge is 0.410 e. The Bertz CT molecular complexity index is 613. The predicted molar refractivity (Wildman–Crippen MR) is 108 cm³/mol. The summed E-state index contributed by atoms with van der Waals surface area (Å²) in [7, 11) is 1.77. The number of hydrogen-bond donors (Lipinski definition) is 2. The first-order valence-corrected chi connectivity index (χ1v) is 9.70. The Morgan fingerprint density at radius 2 is 2.19 bits per heavy atom. The maximum atomic E-state index is 12.3. The summed E-state index contributed by atoms with van der Waals surface area (Å²) in [6.45, 7) is 8.72. The van der Waals surface area contributed by atoms with Gasteiger partial charge < -0.3 is 20.3 Å². The fourth-order valence-corrected chi connectivity index (χ4v) is 3.04. The highest BCUT2D eigenvalue weighted by atomic mass is 16.6. The van der Waals surface area contributed by atoms with E-state index in [1.54, 1.807) is 7.05 Å². The minimum absolute atomic E-state index is 0.218. The number of amides is 1. The molecule has 2 N–H and O–H groups in total. The molecule has 27 heavy (non-hydrogen) atoms. The van der Waals surface area contributed by atoms with Gasteiger partial charge in [0.25, 0.3) is 0 Å². The molecule has 0 saturated carbocycles. The van der Waals surface area contributed by atoms with Gasteiger partial charge in [-0.2, -0.15) is 0 Å². The van der Waals surface area contributed by atoms with Crippen LogP contribution in [0.3, 0.4) is 0 Å². The molecular formula is C20H33N5O2. The monoisotopic (exact) mass is 375 g/mol. The summed E-state index contributed by atoms with van der Waals surface area (Å²) in [5.74, 6) is 1.17. The lowest BCUT2D eigenvalue weighted by molar-refractivity contribution is 0.0168. The first kappa shape index (κ1) is 21.0. The van der Waals surface area contributed by atoms with E-state index >= 15 is 0 Å². The number of guanidine groups is 1. The van der Waals surface area contributed by atoms with E-state index in [0.717, 1.165) is 50.6 Å². The zero-order chi connectivity index (χ0) is 19.7. The molecule has 7 heteroatoms. The number of nitrogens with one attached hydrogen (secondary N) is 2. The molecule has 7 nitrogen and oxygen atoms in total. The van der Waals surface area contributed by atoms with Crippen molar-refractivity contribution >= 4 is 12.1 Å². The molecule has 0 radical (unpaired) electrons. The molecule has 0 aromatic carbocycles. The van der Waals surface area contributed by atoms with Gasteiger partial charge in [0.1, 0.15) is 5.60 Å². The third-order valence-electron chi connectivity index (χ3n) is 4.35. The van der Waals surface area contributed by atoms with Gasteiger partial charge in [0, 0.05) is 51.5 Å². The highest BCUT2D eigenvalue weighted by Gasteiger charge is 2.27. The van der Waals surface area contributed by atoms with E-state index in [9.17, 15) is 4.79 Å². The van der Waals surface area contributed by atoms with Gasteiger partial charge in [0.05, 0.1) is 0 Å². The zero-order valence-electron chi connectivity index (χ0n) is 17.0. The summed E-state index contributed by atoms with van der Waals surface area (Å²) in [5, 5.41) is 6.69. The maximum absolute atomic E-state index is 12.3. The maximum Gasteiger partial charge on any atom is 0.410 e. The van der Waals surface area contributed by atoms with Crippen LogP contribution in [0.1, 0.15) is 39.3 Å². The average molecular weight is 376 g/mol. The standard InChI is InChI=1S/C20H33N5O2/c1-20(2,3)27-19(26)25-13-7-8-16(15-25)14-24-18(21-4)23-12-10-17-9-5-6-11-22-17/h5-6,9,11,16H,7-8,10,12-15H2,1-4H3,(H2,21,23,24). The van der Waals surface area contributed by atoms with Crippen molar-refractivity contribution in [3.8, 4) is 0 Å². The first-order valence-electron chi connectivity index (χ1n) is 9.70. The minimum atomic E-state index is -0.457. The van der Waals surface area contributed by atoms with Crippen LogP contribution in [0.25, 0.3) is 0 Å². The molecule has 1 fully saturated rings. The van der Waals surface area contributed by atoms with E-state index in [-0.39, 0.29) is 6.09 Å². The van der Waals surface area contributed by atoms with E-state index in [1.807, 2.05) is 50.1 Å². The molecule has 0 aliphatic carbocycles. The van der Waals surface area contributed by atoms with E-state index in [2.05, 4.69) is 20.6 Å². The quantitative estimate of drug-likeness (QED) is 0.610. The van der Waals surface area contributed by atoms with Crippen LogP contribution in [0, 0.1) is 5.92 Å². The Labute approximate surface area is 162 Å². The van der Waals surface area contributed by atoms with E-state index < -0.39 is 5.60 Å². The predicted octanol–water partition coefficient (Wildman–Crippen LogP) is 2.44. The van der Waals surface area contributed by atoms with Gasteiger partial charge in [0.2, 0.25) is 0 Å². The Balaban J connectivity index is 1.72. The number of hydrogen-bond acceptors (Lipinski definition) is 4. The molecule has 1 aliphatic heterocycles. The second-order valence-corrected chi connectivity index (χ2v) is 7.89. The number of nitrogens with zero attached hydrogens (tertiary/aromatic N) is 3. The number of likely N-dealkylation sites (tertiary alicyclic amines) is 1. The van der Waals surface area contributed by atoms with Gasteiger partial charge in [-0.05, 0) is 51.7 Å². The third-order valence-corrected chi connectivity index (χ3v) is 4.35. The SMILES string of the molecule is CN=C(NCCc1ccccn1)NCC1CCCN(C(=O)OC(C)(C)C)C1. The fraction of sp³-hybridized carbons (Fsp3) is 0.650. The Morgan fingerprint density at radius 1 is 1.37 bits per heavy atom. The second kappa shape index (κ2) is 10.1. The summed E-state index contributed by atoms with van der Waals surface area (Å²) < 4.78 is 5.49. The molecule has 1 saturated heterocycles. The summed E-state index contributed by atoms with van der Waals surface area (Å²) in [6, 6.07) is 5.93. The summed E-state index contributed by atoms with van der Waals surface area (Å²) in [5.41, 5.74) is 0.600. The second-order valence-electron chi connectivity index (χ2n) is 7.89. The van der Waals surface area contributed by atoms with Gasteiger partial charge in [0.15, 0.2) is 5.96 Å². The lowest BCUT2D eigenvalue weighted by atomic mass is 9.98. The molecule has 2 rings (SSSR count). The molecule has 1 aliphatic rings. The molecule has 1 aromatic heterocycles. The fourth-order valence-electron chi connectivity index (χ4n) is 3.04. The van der Waals surface area contributed by atoms with E-state index in [1.165, 1.54) is 0 Å². The molecule has 1 aromatic rings. The number of piperidine rings is 1. The van der Waals surface area contributed by atoms with Crippen molar-refractivity contribution in [1.29, 1.82) is 0 Å². The summed E-state index contributed by atoms with van der Waals surface area (Å²) in [4.78, 5) is 22.7. The molecule has 1 amide bonds. The molecule has 150 valence electrons. The lowest BCUT2D eigenvalue weighted by Gasteiger charge is -2.34. The number of rotatable bonds is 5. The minimum Gasteiger partial charge on any atom is -0.444 e. The molecule has 1 unspecified atom stereocenters. The van der Waals surface area contributed by atoms with Gasteiger partial charge in [-0.3, -0.25) is 9.98 Å². The largest absolute Gasteiger partial charge is 0.444 e. The average Bonchev–Trinajstić information content (AvgIpc) is 2.64. The van der Waals surface area contributed by atoms with Crippen LogP contribution in [0.5, 0.6) is 0 Å². The van der Waals surface area contributed by atoms with Crippen LogP contribution >= 0.6 is 0 Å². The van der Waals surface area contributed by atoms with E-state index in [0.29, 0.717) is 12.5 Å². The number of aliphatic imine (C=N–C) groups is 1. The molecule has 1 atom stereocenters. The van der Waals surface area contributed by atoms with Crippen LogP contribution in [0.2, 0.25) is 0 Å². The zero-order valence-corrected chi connectivity index (χ0v) is 17.0. The van der Waals surface area contributed by atoms with Gasteiger partial charge >= 0.3 is 6.09 Å². The highest BCUT2D eigenvalue weighted by molar-refractivity contribution is 5.79. The van der Waals surface area contributed by atoms with Gasteiger partial charge in [-0.25, -0.2) is 4.79 Å². The third kappa shape index (κ3) is 7.85. The Kier molecular flexibility index (Phi) is 7.88. The van der Waals surface area contributed by atoms with Crippen molar-refractivity contribution in [3.63, 3.8) is 0 Å². The van der Waals surface area contributed by atoms with Crippen molar-refractivity contribution in [1.82, 2.24) is 20.5 Å². The first-order chi connectivity index (χ1) is 12.9. The van der Waals surface area contributed by atoms with Crippen LogP contribution < -0.4 is 10.6 Å². The molecule has 0 spiro atoms. The normalized spacial score (nSPS) is 18.1. The molecule has 0 bridgehead atoms. The van der Waals surface area contributed by atoms with Crippen molar-refractivity contribution in [3.05, 3.63) is 30.1 Å². The van der Waals surface area contributed by atoms with Crippen LogP contribution in [0.15, 0.2) is 29.4 Å². The molecular weight excluding hydrogens is 342 g/mol. The van der Waals surface area contributed by atoms with Gasteiger partial charge in [-0.1, -0.05) is 6.07 Å². The van der Waals surface area contributed by atoms with Gasteiger partial charge in [-0.15, -0.1) is 0 Å². The number of carbonyl (C=O) groups is 1. The van der Waals surface area contributed by atoms with E-state index in [4.69, 9.17) is 4.74 Å². The number of aromatic nitrogens is 1. The topological polar surface area (TPSA) is 78.9 Å². The van der Waals surface area contributed by atoms with Crippen molar-refractivity contribution in [2.45, 2.75) is 45.6 Å². The highest BCUT2D eigenvalue weighted by Crippen LogP contribution is 2.18. The van der Waals surface area contributed by atoms with Crippen molar-refractivity contribution in [2.75, 3.05) is 33.2 Å². The number of carbonyl (C=O) groups excluding carboxylic acids is 1. The summed E-state index contributed by atoms with van der Waals surface area (Å²) in [6.07, 6.45) is 4.53. The summed E-state index contributed by atoms with van der Waals surface area (Å²) >= 11 is 0. The van der Waals surface area contributed by atoms with Crippen molar-refractivity contribution in [2.24, 2.45) is 10.9 Å². The van der Waals surface area contributed by atoms with Crippen LogP contribution in [-0.2, 0) is 11.2 Å². The number of ether oxygens (including phenoxy) is 1. The Hall–Kier alpha value is -2.31. The van der Waals surface area contributed by atoms with Crippen LogP contribution in [0.4, 0.5) is 4.79 Å². The van der Waals surface area contributed by atoms with Crippen molar-refractivity contribution < 1.29 is 9.53 Å². The van der Waals surface area contributed by atoms with Crippen LogP contribution in [-0.4, -0.2) is 60.8 Å². The Morgan fingerprint density at radius 3 is 2.85 bits per heavy atom. The lowest BCUT2D eigenvalue weighted by Crippen LogP contribution is -2.47. The number of pyridine rings is 1.